The maximum absolute atomic E-state index is 12.2. The number of rotatable bonds is 7. The summed E-state index contributed by atoms with van der Waals surface area (Å²) >= 11 is 1.67. The molecule has 2 atom stereocenters. The van der Waals surface area contributed by atoms with Gasteiger partial charge in [-0.2, -0.15) is 11.8 Å². The van der Waals surface area contributed by atoms with Crippen molar-refractivity contribution < 1.29 is 14.3 Å². The average Bonchev–Trinajstić information content (AvgIpc) is 2.98. The highest BCUT2D eigenvalue weighted by Gasteiger charge is 2.27. The van der Waals surface area contributed by atoms with Crippen LogP contribution in [-0.4, -0.2) is 30.8 Å². The van der Waals surface area contributed by atoms with Gasteiger partial charge in [0.05, 0.1) is 13.5 Å². The predicted molar refractivity (Wildman–Crippen MR) is 93.2 cm³/mol. The van der Waals surface area contributed by atoms with Gasteiger partial charge in [-0.3, -0.25) is 9.59 Å². The molecule has 0 heterocycles. The van der Waals surface area contributed by atoms with E-state index in [0.29, 0.717) is 6.42 Å². The molecular weight excluding hydrogens is 312 g/mol. The fourth-order valence-electron chi connectivity index (χ4n) is 2.69. The lowest BCUT2D eigenvalue weighted by molar-refractivity contribution is -0.140. The van der Waals surface area contributed by atoms with Crippen molar-refractivity contribution in [3.05, 3.63) is 29.8 Å². The molecule has 1 aromatic carbocycles. The molecule has 0 radical (unpaired) electrons. The van der Waals surface area contributed by atoms with Crippen LogP contribution in [-0.2, 0) is 20.1 Å². The molecule has 0 aromatic heterocycles. The largest absolute Gasteiger partial charge is 0.469 e. The van der Waals surface area contributed by atoms with Gasteiger partial charge in [-0.05, 0) is 37.0 Å². The Morgan fingerprint density at radius 2 is 2.22 bits per heavy atom. The number of hydrogen-bond donors (Lipinski definition) is 2. The summed E-state index contributed by atoms with van der Waals surface area (Å²) in [6, 6.07) is 7.99. The summed E-state index contributed by atoms with van der Waals surface area (Å²) in [4.78, 5) is 23.3. The molecule has 1 amide bonds. The first-order valence-corrected chi connectivity index (χ1v) is 9.04. The Hall–Kier alpha value is -1.53. The SMILES string of the molecule is COC(=O)CCSCc1cccc(NC(=O)C2CCC(N)C2)c1. The Kier molecular flexibility index (Phi) is 6.92. The Bertz CT molecular complexity index is 550. The molecule has 6 heteroatoms. The molecule has 0 spiro atoms. The molecule has 2 unspecified atom stereocenters. The highest BCUT2D eigenvalue weighted by molar-refractivity contribution is 7.98. The molecule has 2 rings (SSSR count). The molecule has 0 aliphatic heterocycles. The summed E-state index contributed by atoms with van der Waals surface area (Å²) in [5.41, 5.74) is 7.81. The molecule has 0 bridgehead atoms. The van der Waals surface area contributed by atoms with Crippen LogP contribution in [0.15, 0.2) is 24.3 Å². The minimum Gasteiger partial charge on any atom is -0.469 e. The van der Waals surface area contributed by atoms with E-state index in [2.05, 4.69) is 10.1 Å². The second kappa shape index (κ2) is 8.93. The molecule has 1 fully saturated rings. The molecule has 1 aliphatic rings. The fourth-order valence-corrected chi connectivity index (χ4v) is 3.56. The quantitative estimate of drug-likeness (QED) is 0.591. The molecule has 126 valence electrons. The predicted octanol–water partition coefficient (Wildman–Crippen LogP) is 2.55. The number of nitrogens with two attached hydrogens (primary N) is 1. The topological polar surface area (TPSA) is 81.4 Å². The van der Waals surface area contributed by atoms with Crippen LogP contribution >= 0.6 is 11.8 Å². The monoisotopic (exact) mass is 336 g/mol. The number of amides is 1. The lowest BCUT2D eigenvalue weighted by Crippen LogP contribution is -2.23. The number of benzene rings is 1. The highest BCUT2D eigenvalue weighted by atomic mass is 32.2. The summed E-state index contributed by atoms with van der Waals surface area (Å²) in [6.07, 6.45) is 2.99. The maximum atomic E-state index is 12.2. The van der Waals surface area contributed by atoms with Gasteiger partial charge in [-0.1, -0.05) is 12.1 Å². The molecule has 23 heavy (non-hydrogen) atoms. The number of anilines is 1. The average molecular weight is 336 g/mol. The van der Waals surface area contributed by atoms with Crippen molar-refractivity contribution in [2.24, 2.45) is 11.7 Å². The zero-order valence-corrected chi connectivity index (χ0v) is 14.2. The van der Waals surface area contributed by atoms with Gasteiger partial charge in [-0.25, -0.2) is 0 Å². The van der Waals surface area contributed by atoms with Gasteiger partial charge in [0.25, 0.3) is 0 Å². The third kappa shape index (κ3) is 5.88. The van der Waals surface area contributed by atoms with Crippen molar-refractivity contribution in [3.8, 4) is 0 Å². The smallest absolute Gasteiger partial charge is 0.306 e. The van der Waals surface area contributed by atoms with E-state index in [1.54, 1.807) is 11.8 Å². The van der Waals surface area contributed by atoms with Crippen LogP contribution in [0.1, 0.15) is 31.2 Å². The molecule has 5 nitrogen and oxygen atoms in total. The van der Waals surface area contributed by atoms with Gasteiger partial charge in [0, 0.05) is 29.2 Å². The van der Waals surface area contributed by atoms with Crippen LogP contribution in [0.4, 0.5) is 5.69 Å². The summed E-state index contributed by atoms with van der Waals surface area (Å²) in [7, 11) is 1.40. The second-order valence-electron chi connectivity index (χ2n) is 5.84. The lowest BCUT2D eigenvalue weighted by atomic mass is 10.1. The van der Waals surface area contributed by atoms with E-state index in [1.165, 1.54) is 7.11 Å². The van der Waals surface area contributed by atoms with Crippen LogP contribution in [0.3, 0.4) is 0 Å². The van der Waals surface area contributed by atoms with E-state index in [9.17, 15) is 9.59 Å². The molecule has 3 N–H and O–H groups in total. The van der Waals surface area contributed by atoms with Gasteiger partial charge in [0.2, 0.25) is 5.91 Å². The third-order valence-corrected chi connectivity index (χ3v) is 5.02. The van der Waals surface area contributed by atoms with Gasteiger partial charge < -0.3 is 15.8 Å². The minimum absolute atomic E-state index is 0.0306. The van der Waals surface area contributed by atoms with Gasteiger partial charge >= 0.3 is 5.97 Å². The van der Waals surface area contributed by atoms with Gasteiger partial charge in [-0.15, -0.1) is 0 Å². The normalized spacial score (nSPS) is 20.3. The van der Waals surface area contributed by atoms with Crippen molar-refractivity contribution in [3.63, 3.8) is 0 Å². The number of hydrogen-bond acceptors (Lipinski definition) is 5. The molecule has 1 aliphatic carbocycles. The van der Waals surface area contributed by atoms with E-state index < -0.39 is 0 Å². The van der Waals surface area contributed by atoms with Gasteiger partial charge in [0.1, 0.15) is 0 Å². The van der Waals surface area contributed by atoms with E-state index in [0.717, 1.165) is 42.0 Å². The third-order valence-electron chi connectivity index (χ3n) is 3.99. The molecular formula is C17H24N2O3S. The van der Waals surface area contributed by atoms with Crippen molar-refractivity contribution >= 4 is 29.3 Å². The van der Waals surface area contributed by atoms with E-state index in [-0.39, 0.29) is 23.8 Å². The molecule has 0 saturated heterocycles. The fraction of sp³-hybridized carbons (Fsp3) is 0.529. The first kappa shape index (κ1) is 17.8. The van der Waals surface area contributed by atoms with Crippen molar-refractivity contribution in [2.45, 2.75) is 37.5 Å². The zero-order valence-electron chi connectivity index (χ0n) is 13.4. The van der Waals surface area contributed by atoms with Crippen molar-refractivity contribution in [2.75, 3.05) is 18.2 Å². The van der Waals surface area contributed by atoms with Crippen LogP contribution in [0.25, 0.3) is 0 Å². The number of carbonyl (C=O) groups is 2. The van der Waals surface area contributed by atoms with Gasteiger partial charge in [0.15, 0.2) is 0 Å². The lowest BCUT2D eigenvalue weighted by Gasteiger charge is -2.11. The van der Waals surface area contributed by atoms with Crippen LogP contribution in [0.2, 0.25) is 0 Å². The van der Waals surface area contributed by atoms with Crippen molar-refractivity contribution in [1.82, 2.24) is 0 Å². The number of ether oxygens (including phenoxy) is 1. The first-order chi connectivity index (χ1) is 11.1. The number of esters is 1. The Morgan fingerprint density at radius 3 is 2.91 bits per heavy atom. The molecule has 1 saturated carbocycles. The maximum Gasteiger partial charge on any atom is 0.306 e. The van der Waals surface area contributed by atoms with Crippen LogP contribution < -0.4 is 11.1 Å². The minimum atomic E-state index is -0.187. The van der Waals surface area contributed by atoms with Crippen molar-refractivity contribution in [1.29, 1.82) is 0 Å². The van der Waals surface area contributed by atoms with Crippen LogP contribution in [0.5, 0.6) is 0 Å². The highest BCUT2D eigenvalue weighted by Crippen LogP contribution is 2.26. The summed E-state index contributed by atoms with van der Waals surface area (Å²) in [5, 5.41) is 2.98. The standard InChI is InChI=1S/C17H24N2O3S/c1-22-16(20)7-8-23-11-12-3-2-4-15(9-12)19-17(21)13-5-6-14(18)10-13/h2-4,9,13-14H,5-8,10-11,18H2,1H3,(H,19,21). The van der Waals surface area contributed by atoms with E-state index in [1.807, 2.05) is 24.3 Å². The zero-order chi connectivity index (χ0) is 16.7. The number of thioether (sulfide) groups is 1. The van der Waals surface area contributed by atoms with E-state index in [4.69, 9.17) is 5.73 Å². The first-order valence-electron chi connectivity index (χ1n) is 7.88. The number of methoxy groups -OCH3 is 1. The molecule has 1 aromatic rings. The Labute approximate surface area is 141 Å². The Balaban J connectivity index is 1.80. The second-order valence-corrected chi connectivity index (χ2v) is 6.94. The Morgan fingerprint density at radius 1 is 1.39 bits per heavy atom. The summed E-state index contributed by atoms with van der Waals surface area (Å²) in [6.45, 7) is 0. The number of carbonyl (C=O) groups excluding carboxylic acids is 2. The van der Waals surface area contributed by atoms with Crippen LogP contribution in [0, 0.1) is 5.92 Å². The van der Waals surface area contributed by atoms with E-state index >= 15 is 0 Å². The summed E-state index contributed by atoms with van der Waals surface area (Å²) in [5.74, 6) is 1.43. The number of nitrogens with one attached hydrogen (secondary N) is 1. The summed E-state index contributed by atoms with van der Waals surface area (Å²) < 4.78 is 4.61.